The molecule has 0 aliphatic heterocycles. The van der Waals surface area contributed by atoms with Gasteiger partial charge in [-0.1, -0.05) is 38.9 Å². The predicted molar refractivity (Wildman–Crippen MR) is 49.2 cm³/mol. The molecule has 0 saturated heterocycles. The highest BCUT2D eigenvalue weighted by Crippen LogP contribution is 2.46. The number of hydrogen-bond acceptors (Lipinski definition) is 0. The van der Waals surface area contributed by atoms with Crippen molar-refractivity contribution in [3.63, 3.8) is 0 Å². The third-order valence-electron chi connectivity index (χ3n) is 2.96. The van der Waals surface area contributed by atoms with Gasteiger partial charge in [-0.3, -0.25) is 0 Å². The molecule has 0 heterocycles. The zero-order valence-electron chi connectivity index (χ0n) is 7.83. The van der Waals surface area contributed by atoms with Gasteiger partial charge in [0.25, 0.3) is 0 Å². The number of hydrogen-bond donors (Lipinski definition) is 0. The van der Waals surface area contributed by atoms with Crippen LogP contribution in [0.2, 0.25) is 5.31 Å². The van der Waals surface area contributed by atoms with Gasteiger partial charge in [0.15, 0.2) is 0 Å². The average Bonchev–Trinajstić information content (AvgIpc) is 1.79. The van der Waals surface area contributed by atoms with Crippen molar-refractivity contribution in [1.29, 1.82) is 0 Å². The minimum Gasteiger partial charge on any atom is -0.0669 e. The van der Waals surface area contributed by atoms with Crippen LogP contribution in [-0.4, -0.2) is 7.85 Å². The lowest BCUT2D eigenvalue weighted by Gasteiger charge is -2.39. The molecule has 1 rings (SSSR count). The van der Waals surface area contributed by atoms with E-state index in [1.165, 1.54) is 25.7 Å². The molecule has 0 nitrogen and oxygen atoms in total. The molecule has 0 aromatic rings. The molecule has 0 N–H and O–H groups in total. The van der Waals surface area contributed by atoms with Crippen LogP contribution in [0.4, 0.5) is 0 Å². The summed E-state index contributed by atoms with van der Waals surface area (Å²) in [4.78, 5) is 0. The van der Waals surface area contributed by atoms with E-state index in [0.717, 1.165) is 0 Å². The van der Waals surface area contributed by atoms with E-state index in [1.807, 2.05) is 0 Å². The molecule has 1 aliphatic carbocycles. The third kappa shape index (κ3) is 2.03. The van der Waals surface area contributed by atoms with E-state index in [1.54, 1.807) is 0 Å². The van der Waals surface area contributed by atoms with Crippen molar-refractivity contribution < 1.29 is 0 Å². The second-order valence-electron chi connectivity index (χ2n) is 5.33. The summed E-state index contributed by atoms with van der Waals surface area (Å²) < 4.78 is 0. The van der Waals surface area contributed by atoms with Gasteiger partial charge in [-0.25, -0.2) is 0 Å². The van der Waals surface area contributed by atoms with Crippen molar-refractivity contribution in [2.45, 2.75) is 51.8 Å². The van der Waals surface area contributed by atoms with Gasteiger partial charge in [-0.15, -0.1) is 0 Å². The van der Waals surface area contributed by atoms with Gasteiger partial charge in [-0.05, 0) is 18.3 Å². The lowest BCUT2D eigenvalue weighted by molar-refractivity contribution is 0.210. The minimum atomic E-state index is 0.634. The molecule has 1 heteroatoms. The van der Waals surface area contributed by atoms with E-state index in [2.05, 4.69) is 28.6 Å². The highest BCUT2D eigenvalue weighted by atomic mass is 14.3. The van der Waals surface area contributed by atoms with E-state index < -0.39 is 0 Å². The van der Waals surface area contributed by atoms with E-state index in [-0.39, 0.29) is 0 Å². The second kappa shape index (κ2) is 2.28. The summed E-state index contributed by atoms with van der Waals surface area (Å²) in [7, 11) is 2.39. The van der Waals surface area contributed by atoms with Crippen LogP contribution < -0.4 is 0 Å². The molecular formula is C9H19B. The highest BCUT2D eigenvalue weighted by molar-refractivity contribution is 6.14. The van der Waals surface area contributed by atoms with Gasteiger partial charge in [0.05, 0.1) is 0 Å². The van der Waals surface area contributed by atoms with Crippen LogP contribution >= 0.6 is 0 Å². The Morgan fingerprint density at radius 1 is 0.900 bits per heavy atom. The van der Waals surface area contributed by atoms with Crippen LogP contribution in [0.25, 0.3) is 0 Å². The summed E-state index contributed by atoms with van der Waals surface area (Å²) in [6.07, 6.45) is 5.67. The Morgan fingerprint density at radius 2 is 1.30 bits per heavy atom. The smallest absolute Gasteiger partial charge is 0.0669 e. The van der Waals surface area contributed by atoms with E-state index in [9.17, 15) is 0 Å². The van der Waals surface area contributed by atoms with Crippen LogP contribution in [0.3, 0.4) is 0 Å². The first-order valence-electron chi connectivity index (χ1n) is 4.41. The monoisotopic (exact) mass is 138 g/mol. The van der Waals surface area contributed by atoms with Gasteiger partial charge in [0.2, 0.25) is 0 Å². The zero-order chi connectivity index (χ0) is 7.83. The minimum absolute atomic E-state index is 0.634. The summed E-state index contributed by atoms with van der Waals surface area (Å²) >= 11 is 0. The maximum absolute atomic E-state index is 2.39. The summed E-state index contributed by atoms with van der Waals surface area (Å²) in [5.74, 6) is 0. The van der Waals surface area contributed by atoms with Gasteiger partial charge in [0.1, 0.15) is 7.85 Å². The van der Waals surface area contributed by atoms with Crippen LogP contribution in [0.5, 0.6) is 0 Å². The Balaban J connectivity index is 2.46. The van der Waals surface area contributed by atoms with E-state index >= 15 is 0 Å². The summed E-state index contributed by atoms with van der Waals surface area (Å²) in [5.41, 5.74) is 0.634. The maximum atomic E-state index is 2.39. The Labute approximate surface area is 65.8 Å². The molecule has 0 amide bonds. The molecule has 0 spiro atoms. The molecular weight excluding hydrogens is 119 g/mol. The zero-order valence-corrected chi connectivity index (χ0v) is 7.83. The molecule has 0 unspecified atom stereocenters. The fourth-order valence-electron chi connectivity index (χ4n) is 1.60. The molecule has 0 aromatic heterocycles. The Kier molecular flexibility index (Phi) is 1.87. The number of rotatable bonds is 0. The average molecular weight is 138 g/mol. The fourth-order valence-corrected chi connectivity index (χ4v) is 1.60. The van der Waals surface area contributed by atoms with Crippen LogP contribution in [0.15, 0.2) is 0 Å². The van der Waals surface area contributed by atoms with Crippen molar-refractivity contribution in [1.82, 2.24) is 0 Å². The van der Waals surface area contributed by atoms with Crippen molar-refractivity contribution >= 4 is 7.85 Å². The first-order valence-corrected chi connectivity index (χ1v) is 4.41. The molecule has 10 heavy (non-hydrogen) atoms. The fraction of sp³-hybridized carbons (Fsp3) is 1.00. The molecule has 0 bridgehead atoms. The summed E-state index contributed by atoms with van der Waals surface area (Å²) in [6, 6.07) is 0. The van der Waals surface area contributed by atoms with Crippen molar-refractivity contribution in [3.05, 3.63) is 0 Å². The lowest BCUT2D eigenvalue weighted by atomic mass is 9.57. The molecule has 0 aromatic carbocycles. The third-order valence-corrected chi connectivity index (χ3v) is 2.96. The Bertz CT molecular complexity index is 96.7. The molecule has 58 valence electrons. The largest absolute Gasteiger partial charge is 0.109 e. The van der Waals surface area contributed by atoms with Gasteiger partial charge >= 0.3 is 0 Å². The molecule has 1 fully saturated rings. The molecule has 0 radical (unpaired) electrons. The quantitative estimate of drug-likeness (QED) is 0.451. The normalized spacial score (nSPS) is 29.9. The lowest BCUT2D eigenvalue weighted by Crippen LogP contribution is -2.24. The second-order valence-corrected chi connectivity index (χ2v) is 5.33. The first kappa shape index (κ1) is 8.16. The van der Waals surface area contributed by atoms with Crippen molar-refractivity contribution in [2.24, 2.45) is 5.41 Å². The van der Waals surface area contributed by atoms with Crippen LogP contribution in [-0.2, 0) is 0 Å². The highest BCUT2D eigenvalue weighted by Gasteiger charge is 2.30. The molecule has 1 saturated carbocycles. The van der Waals surface area contributed by atoms with E-state index in [4.69, 9.17) is 0 Å². The Hall–Kier alpha value is 0.0649. The van der Waals surface area contributed by atoms with Crippen LogP contribution in [0.1, 0.15) is 46.5 Å². The van der Waals surface area contributed by atoms with Gasteiger partial charge in [-0.2, -0.15) is 0 Å². The van der Waals surface area contributed by atoms with Gasteiger partial charge < -0.3 is 0 Å². The summed E-state index contributed by atoms with van der Waals surface area (Å²) in [6.45, 7) is 7.17. The first-order chi connectivity index (χ1) is 4.41. The topological polar surface area (TPSA) is 0 Å². The van der Waals surface area contributed by atoms with Crippen molar-refractivity contribution in [2.75, 3.05) is 0 Å². The Morgan fingerprint density at radius 3 is 1.60 bits per heavy atom. The van der Waals surface area contributed by atoms with E-state index in [0.29, 0.717) is 10.7 Å². The predicted octanol–water partition coefficient (Wildman–Crippen LogP) is 2.40. The molecule has 1 aliphatic rings. The van der Waals surface area contributed by atoms with Crippen LogP contribution in [0, 0.1) is 5.41 Å². The molecule has 0 atom stereocenters. The van der Waals surface area contributed by atoms with Crippen molar-refractivity contribution in [3.8, 4) is 0 Å². The van der Waals surface area contributed by atoms with Gasteiger partial charge in [0, 0.05) is 0 Å². The summed E-state index contributed by atoms with van der Waals surface area (Å²) in [5, 5.41) is 0.634. The standard InChI is InChI=1S/C9H19B/c1-8(2)4-6-9(3,10)7-5-8/h4-7,10H2,1-3H3. The SMILES string of the molecule is BC1(C)CCC(C)(C)CC1. The maximum Gasteiger partial charge on any atom is 0.109 e.